The van der Waals surface area contributed by atoms with E-state index < -0.39 is 0 Å². The molecule has 3 heterocycles. The van der Waals surface area contributed by atoms with Crippen LogP contribution < -0.4 is 0 Å². The molecule has 0 aliphatic rings. The lowest BCUT2D eigenvalue weighted by atomic mass is 10.0. The van der Waals surface area contributed by atoms with Crippen molar-refractivity contribution in [3.8, 4) is 34.2 Å². The zero-order valence-electron chi connectivity index (χ0n) is 27.7. The van der Waals surface area contributed by atoms with E-state index in [0.29, 0.717) is 23.9 Å². The molecule has 10 rings (SSSR count). The molecule has 0 amide bonds. The van der Waals surface area contributed by atoms with E-state index in [-0.39, 0.29) is 0 Å². The number of para-hydroxylation sites is 4. The molecule has 7 aromatic carbocycles. The molecule has 0 radical (unpaired) electrons. The van der Waals surface area contributed by atoms with Gasteiger partial charge in [0.25, 0.3) is 0 Å². The molecule has 0 aliphatic carbocycles. The first-order valence-electron chi connectivity index (χ1n) is 17.3. The van der Waals surface area contributed by atoms with E-state index >= 15 is 0 Å². The molecule has 0 saturated carbocycles. The predicted molar refractivity (Wildman–Crippen MR) is 209 cm³/mol. The largest absolute Gasteiger partial charge is 0.309 e. The molecule has 0 fully saturated rings. The quantitative estimate of drug-likeness (QED) is 0.179. The summed E-state index contributed by atoms with van der Waals surface area (Å²) >= 11 is 0. The molecular weight excluding hydrogens is 623 g/mol. The van der Waals surface area contributed by atoms with Gasteiger partial charge in [-0.15, -0.1) is 0 Å². The third kappa shape index (κ3) is 4.82. The maximum atomic E-state index is 5.18. The highest BCUT2D eigenvalue weighted by atomic mass is 15.1. The van der Waals surface area contributed by atoms with Crippen LogP contribution in [0.1, 0.15) is 11.4 Å². The lowest BCUT2D eigenvalue weighted by Gasteiger charge is -2.20. The number of rotatable bonds is 6. The highest BCUT2D eigenvalue weighted by Gasteiger charge is 2.22. The molecule has 240 valence electrons. The normalized spacial score (nSPS) is 11.6. The Labute approximate surface area is 294 Å². The fourth-order valence-corrected chi connectivity index (χ4v) is 7.62. The topological polar surface area (TPSA) is 48.5 Å². The number of hydrogen-bond acceptors (Lipinski definition) is 3. The predicted octanol–water partition coefficient (Wildman–Crippen LogP) is 11.0. The first kappa shape index (κ1) is 29.1. The van der Waals surface area contributed by atoms with Gasteiger partial charge in [0.05, 0.1) is 33.4 Å². The van der Waals surface area contributed by atoms with Gasteiger partial charge in [0, 0.05) is 44.7 Å². The summed E-state index contributed by atoms with van der Waals surface area (Å²) in [5.41, 5.74) is 9.85. The van der Waals surface area contributed by atoms with Gasteiger partial charge in [0.2, 0.25) is 0 Å². The summed E-state index contributed by atoms with van der Waals surface area (Å²) in [6.07, 6.45) is 0.482. The van der Waals surface area contributed by atoms with E-state index in [0.717, 1.165) is 50.1 Å². The lowest BCUT2D eigenvalue weighted by Crippen LogP contribution is -2.10. The van der Waals surface area contributed by atoms with Gasteiger partial charge < -0.3 is 9.13 Å². The maximum Gasteiger partial charge on any atom is 0.163 e. The van der Waals surface area contributed by atoms with Crippen LogP contribution in [0.3, 0.4) is 0 Å². The van der Waals surface area contributed by atoms with Crippen molar-refractivity contribution in [2.75, 3.05) is 0 Å². The monoisotopic (exact) mass is 653 g/mol. The van der Waals surface area contributed by atoms with Crippen molar-refractivity contribution in [3.05, 3.63) is 187 Å². The van der Waals surface area contributed by atoms with Crippen LogP contribution >= 0.6 is 0 Å². The van der Waals surface area contributed by atoms with E-state index in [9.17, 15) is 0 Å². The zero-order chi connectivity index (χ0) is 33.7. The van der Waals surface area contributed by atoms with Crippen molar-refractivity contribution in [1.82, 2.24) is 24.1 Å². The van der Waals surface area contributed by atoms with Gasteiger partial charge in [0.15, 0.2) is 11.6 Å². The number of nitrogens with zero attached hydrogens (tertiary/aromatic N) is 5. The summed E-state index contributed by atoms with van der Waals surface area (Å²) in [5.74, 6) is 2.03. The van der Waals surface area contributed by atoms with E-state index in [1.165, 1.54) is 21.5 Å². The van der Waals surface area contributed by atoms with Crippen LogP contribution in [0.15, 0.2) is 176 Å². The molecule has 0 unspecified atom stereocenters. The van der Waals surface area contributed by atoms with Gasteiger partial charge in [-0.1, -0.05) is 140 Å². The highest BCUT2D eigenvalue weighted by Crippen LogP contribution is 2.38. The second-order valence-electron chi connectivity index (χ2n) is 12.8. The third-order valence-corrected chi connectivity index (χ3v) is 9.85. The van der Waals surface area contributed by atoms with Gasteiger partial charge >= 0.3 is 0 Å². The summed E-state index contributed by atoms with van der Waals surface area (Å²) in [5, 5.41) is 4.89. The van der Waals surface area contributed by atoms with E-state index in [1.54, 1.807) is 0 Å². The SMILES string of the molecule is c1ccc(-c2nc(Cc3c(-n4c5ccccc5c5ccccc54)cccc3-n3c4ccccc4c4ccccc43)nc(-c3ccccc3)n2)cc1. The maximum absolute atomic E-state index is 5.18. The van der Waals surface area contributed by atoms with Crippen LogP contribution in [0.5, 0.6) is 0 Å². The molecule has 0 spiro atoms. The molecule has 0 N–H and O–H groups in total. The van der Waals surface area contributed by atoms with Gasteiger partial charge in [-0.05, 0) is 36.4 Å². The van der Waals surface area contributed by atoms with Crippen molar-refractivity contribution >= 4 is 43.6 Å². The van der Waals surface area contributed by atoms with Gasteiger partial charge in [-0.3, -0.25) is 0 Å². The molecule has 3 aromatic heterocycles. The van der Waals surface area contributed by atoms with Crippen LogP contribution in [-0.4, -0.2) is 24.1 Å². The Hall–Kier alpha value is -6.85. The van der Waals surface area contributed by atoms with E-state index in [1.807, 2.05) is 36.4 Å². The van der Waals surface area contributed by atoms with Crippen molar-refractivity contribution in [2.45, 2.75) is 6.42 Å². The fourth-order valence-electron chi connectivity index (χ4n) is 7.62. The number of aromatic nitrogens is 5. The summed E-state index contributed by atoms with van der Waals surface area (Å²) < 4.78 is 4.82. The summed E-state index contributed by atoms with van der Waals surface area (Å²) in [4.78, 5) is 15.3. The van der Waals surface area contributed by atoms with Gasteiger partial charge in [0.1, 0.15) is 5.82 Å². The Morgan fingerprint density at radius 3 is 1.08 bits per heavy atom. The zero-order valence-corrected chi connectivity index (χ0v) is 27.7. The highest BCUT2D eigenvalue weighted by molar-refractivity contribution is 6.10. The molecule has 0 saturated heterocycles. The summed E-state index contributed by atoms with van der Waals surface area (Å²) in [6.45, 7) is 0. The molecule has 0 aliphatic heterocycles. The smallest absolute Gasteiger partial charge is 0.163 e. The molecule has 51 heavy (non-hydrogen) atoms. The minimum Gasteiger partial charge on any atom is -0.309 e. The van der Waals surface area contributed by atoms with Crippen LogP contribution in [-0.2, 0) is 6.42 Å². The van der Waals surface area contributed by atoms with E-state index in [4.69, 9.17) is 15.0 Å². The summed E-state index contributed by atoms with van der Waals surface area (Å²) in [7, 11) is 0. The second kappa shape index (κ2) is 11.9. The van der Waals surface area contributed by atoms with Crippen LogP contribution in [0.25, 0.3) is 77.8 Å². The molecule has 5 heteroatoms. The number of fused-ring (bicyclic) bond motifs is 6. The average Bonchev–Trinajstić information content (AvgIpc) is 3.72. The van der Waals surface area contributed by atoms with Crippen LogP contribution in [0.4, 0.5) is 0 Å². The molecule has 5 nitrogen and oxygen atoms in total. The van der Waals surface area contributed by atoms with Gasteiger partial charge in [-0.25, -0.2) is 15.0 Å². The number of benzene rings is 7. The minimum absolute atomic E-state index is 0.482. The first-order valence-corrected chi connectivity index (χ1v) is 17.3. The Balaban J connectivity index is 1.29. The van der Waals surface area contributed by atoms with Crippen molar-refractivity contribution in [1.29, 1.82) is 0 Å². The average molecular weight is 654 g/mol. The Morgan fingerprint density at radius 1 is 0.333 bits per heavy atom. The van der Waals surface area contributed by atoms with E-state index in [2.05, 4.69) is 149 Å². The Bertz CT molecular complexity index is 2590. The number of hydrogen-bond donors (Lipinski definition) is 0. The standard InChI is InChI=1S/C46H31N5/c1-3-16-31(17-4-1)45-47-44(48-46(49-45)32-18-5-2-6-19-32)30-37-42(50-38-24-11-7-20-33(38)34-21-8-12-25-39(34)50)28-15-29-43(37)51-40-26-13-9-22-35(40)36-23-10-14-27-41(36)51/h1-29H,30H2. The van der Waals surface area contributed by atoms with Gasteiger partial charge in [-0.2, -0.15) is 0 Å². The first-order chi connectivity index (χ1) is 25.3. The van der Waals surface area contributed by atoms with Crippen molar-refractivity contribution in [3.63, 3.8) is 0 Å². The van der Waals surface area contributed by atoms with Crippen LogP contribution in [0.2, 0.25) is 0 Å². The van der Waals surface area contributed by atoms with Crippen molar-refractivity contribution < 1.29 is 0 Å². The molecule has 0 bridgehead atoms. The third-order valence-electron chi connectivity index (χ3n) is 9.85. The van der Waals surface area contributed by atoms with Crippen LogP contribution in [0, 0.1) is 0 Å². The molecule has 0 atom stereocenters. The fraction of sp³-hybridized carbons (Fsp3) is 0.0217. The van der Waals surface area contributed by atoms with Crippen molar-refractivity contribution in [2.24, 2.45) is 0 Å². The Kier molecular flexibility index (Phi) is 6.81. The summed E-state index contributed by atoms with van der Waals surface area (Å²) in [6, 6.07) is 61.8. The second-order valence-corrected chi connectivity index (χ2v) is 12.8. The minimum atomic E-state index is 0.482. The lowest BCUT2D eigenvalue weighted by molar-refractivity contribution is 0.916. The molecular formula is C46H31N5. The molecule has 10 aromatic rings. The Morgan fingerprint density at radius 2 is 0.686 bits per heavy atom.